The summed E-state index contributed by atoms with van der Waals surface area (Å²) >= 11 is 11.3. The normalized spacial score (nSPS) is 13.3. The number of hydrogen-bond donors (Lipinski definition) is 1. The minimum Gasteiger partial charge on any atom is -0.493 e. The molecule has 0 bridgehead atoms. The Morgan fingerprint density at radius 1 is 1.50 bits per heavy atom. The first-order chi connectivity index (χ1) is 8.58. The van der Waals surface area contributed by atoms with Gasteiger partial charge in [-0.3, -0.25) is 0 Å². The van der Waals surface area contributed by atoms with Crippen LogP contribution in [0, 0.1) is 0 Å². The Hall–Kier alpha value is -0.900. The van der Waals surface area contributed by atoms with Gasteiger partial charge in [0.2, 0.25) is 0 Å². The van der Waals surface area contributed by atoms with E-state index in [2.05, 4.69) is 0 Å². The first-order valence-electron chi connectivity index (χ1n) is 5.57. The van der Waals surface area contributed by atoms with Crippen LogP contribution in [0.3, 0.4) is 0 Å². The van der Waals surface area contributed by atoms with Crippen molar-refractivity contribution in [3.05, 3.63) is 34.3 Å². The summed E-state index contributed by atoms with van der Waals surface area (Å²) in [4.78, 5) is 0. The van der Waals surface area contributed by atoms with Crippen LogP contribution in [0.1, 0.15) is 12.5 Å². The second kappa shape index (κ2) is 7.52. The molecule has 0 aliphatic rings. The zero-order valence-electron chi connectivity index (χ0n) is 10.5. The van der Waals surface area contributed by atoms with E-state index in [0.29, 0.717) is 23.0 Å². The summed E-state index contributed by atoms with van der Waals surface area (Å²) in [6.45, 7) is 2.15. The molecule has 3 nitrogen and oxygen atoms in total. The molecule has 1 aromatic carbocycles. The molecular formula is C13H17Cl2NO2. The molecule has 1 atom stereocenters. The van der Waals surface area contributed by atoms with E-state index < -0.39 is 0 Å². The zero-order chi connectivity index (χ0) is 13.5. The van der Waals surface area contributed by atoms with E-state index in [1.54, 1.807) is 7.11 Å². The number of methoxy groups -OCH3 is 1. The van der Waals surface area contributed by atoms with Gasteiger partial charge >= 0.3 is 0 Å². The Bertz CT molecular complexity index is 419. The third-order valence-electron chi connectivity index (χ3n) is 2.30. The van der Waals surface area contributed by atoms with Gasteiger partial charge in [0, 0.05) is 11.6 Å². The molecule has 0 saturated heterocycles. The standard InChI is InChI=1S/C13H17Cl2NO2/c1-9(16)6-10-4-3-5-12(17-2)13(10)18-8-11(15)7-14/h3-5,7,9H,6,8,16H2,1-2H3. The molecule has 0 amide bonds. The van der Waals surface area contributed by atoms with Gasteiger partial charge in [0.05, 0.1) is 12.1 Å². The van der Waals surface area contributed by atoms with Gasteiger partial charge in [0.15, 0.2) is 11.5 Å². The number of hydrogen-bond acceptors (Lipinski definition) is 3. The summed E-state index contributed by atoms with van der Waals surface area (Å²) in [5.74, 6) is 1.32. The van der Waals surface area contributed by atoms with Crippen LogP contribution in [-0.4, -0.2) is 19.8 Å². The molecule has 0 heterocycles. The van der Waals surface area contributed by atoms with Crippen LogP contribution in [0.15, 0.2) is 28.8 Å². The number of ether oxygens (including phenoxy) is 2. The molecule has 0 radical (unpaired) electrons. The largest absolute Gasteiger partial charge is 0.493 e. The molecule has 5 heteroatoms. The van der Waals surface area contributed by atoms with Crippen molar-refractivity contribution in [2.45, 2.75) is 19.4 Å². The van der Waals surface area contributed by atoms with Crippen molar-refractivity contribution in [3.63, 3.8) is 0 Å². The lowest BCUT2D eigenvalue weighted by Crippen LogP contribution is -2.18. The molecule has 0 fully saturated rings. The van der Waals surface area contributed by atoms with Crippen LogP contribution in [-0.2, 0) is 6.42 Å². The highest BCUT2D eigenvalue weighted by Crippen LogP contribution is 2.32. The maximum Gasteiger partial charge on any atom is 0.164 e. The highest BCUT2D eigenvalue weighted by Gasteiger charge is 2.12. The van der Waals surface area contributed by atoms with Gasteiger partial charge < -0.3 is 15.2 Å². The number of rotatable bonds is 6. The fourth-order valence-corrected chi connectivity index (χ4v) is 1.68. The third kappa shape index (κ3) is 4.41. The molecule has 0 saturated carbocycles. The number of nitrogens with two attached hydrogens (primary N) is 1. The fourth-order valence-electron chi connectivity index (χ4n) is 1.57. The van der Waals surface area contributed by atoms with Crippen LogP contribution in [0.5, 0.6) is 11.5 Å². The van der Waals surface area contributed by atoms with Gasteiger partial charge in [-0.05, 0) is 25.0 Å². The predicted molar refractivity (Wildman–Crippen MR) is 75.6 cm³/mol. The molecular weight excluding hydrogens is 273 g/mol. The molecule has 0 spiro atoms. The molecule has 0 aliphatic heterocycles. The van der Waals surface area contributed by atoms with E-state index in [1.165, 1.54) is 5.54 Å². The van der Waals surface area contributed by atoms with E-state index in [4.69, 9.17) is 38.4 Å². The van der Waals surface area contributed by atoms with Crippen molar-refractivity contribution in [2.24, 2.45) is 5.73 Å². The summed E-state index contributed by atoms with van der Waals surface area (Å²) in [6, 6.07) is 5.73. The summed E-state index contributed by atoms with van der Waals surface area (Å²) in [5.41, 5.74) is 8.08. The van der Waals surface area contributed by atoms with Crippen molar-refractivity contribution in [3.8, 4) is 11.5 Å². The molecule has 18 heavy (non-hydrogen) atoms. The minimum absolute atomic E-state index is 0.0403. The summed E-state index contributed by atoms with van der Waals surface area (Å²) < 4.78 is 10.9. The quantitative estimate of drug-likeness (QED) is 0.874. The Morgan fingerprint density at radius 2 is 2.22 bits per heavy atom. The van der Waals surface area contributed by atoms with Gasteiger partial charge in [0.1, 0.15) is 6.61 Å². The maximum absolute atomic E-state index is 5.81. The Balaban J connectivity index is 2.96. The van der Waals surface area contributed by atoms with Gasteiger partial charge in [-0.15, -0.1) is 0 Å². The van der Waals surface area contributed by atoms with Crippen LogP contribution >= 0.6 is 23.2 Å². The molecule has 1 aromatic rings. The van der Waals surface area contributed by atoms with Crippen LogP contribution < -0.4 is 15.2 Å². The van der Waals surface area contributed by atoms with Gasteiger partial charge in [-0.1, -0.05) is 35.3 Å². The third-order valence-corrected chi connectivity index (χ3v) is 2.89. The van der Waals surface area contributed by atoms with Crippen LogP contribution in [0.25, 0.3) is 0 Å². The Kier molecular flexibility index (Phi) is 6.33. The topological polar surface area (TPSA) is 44.5 Å². The molecule has 100 valence electrons. The van der Waals surface area contributed by atoms with E-state index in [0.717, 1.165) is 5.56 Å². The van der Waals surface area contributed by atoms with E-state index >= 15 is 0 Å². The maximum atomic E-state index is 5.81. The SMILES string of the molecule is COc1cccc(CC(C)N)c1OCC(Cl)=CCl. The van der Waals surface area contributed by atoms with Gasteiger partial charge in [-0.2, -0.15) is 0 Å². The van der Waals surface area contributed by atoms with Gasteiger partial charge in [0.25, 0.3) is 0 Å². The van der Waals surface area contributed by atoms with Crippen molar-refractivity contribution >= 4 is 23.2 Å². The average Bonchev–Trinajstić information content (AvgIpc) is 2.35. The van der Waals surface area contributed by atoms with E-state index in [-0.39, 0.29) is 12.6 Å². The lowest BCUT2D eigenvalue weighted by Gasteiger charge is -2.16. The lowest BCUT2D eigenvalue weighted by atomic mass is 10.1. The minimum atomic E-state index is 0.0403. The smallest absolute Gasteiger partial charge is 0.164 e. The van der Waals surface area contributed by atoms with Gasteiger partial charge in [-0.25, -0.2) is 0 Å². The van der Waals surface area contributed by atoms with Crippen LogP contribution in [0.4, 0.5) is 0 Å². The molecule has 0 aliphatic carbocycles. The van der Waals surface area contributed by atoms with Crippen molar-refractivity contribution < 1.29 is 9.47 Å². The summed E-state index contributed by atoms with van der Waals surface area (Å²) in [6.07, 6.45) is 0.703. The number of halogens is 2. The highest BCUT2D eigenvalue weighted by atomic mass is 35.5. The van der Waals surface area contributed by atoms with Crippen molar-refractivity contribution in [2.75, 3.05) is 13.7 Å². The van der Waals surface area contributed by atoms with E-state index in [1.807, 2.05) is 25.1 Å². The first-order valence-corrected chi connectivity index (χ1v) is 6.39. The molecule has 1 rings (SSSR count). The Labute approximate surface area is 117 Å². The monoisotopic (exact) mass is 289 g/mol. The second-order valence-electron chi connectivity index (χ2n) is 3.97. The van der Waals surface area contributed by atoms with Crippen molar-refractivity contribution in [1.29, 1.82) is 0 Å². The van der Waals surface area contributed by atoms with E-state index in [9.17, 15) is 0 Å². The Morgan fingerprint density at radius 3 is 2.78 bits per heavy atom. The van der Waals surface area contributed by atoms with Crippen molar-refractivity contribution in [1.82, 2.24) is 0 Å². The molecule has 0 aromatic heterocycles. The fraction of sp³-hybridized carbons (Fsp3) is 0.385. The molecule has 2 N–H and O–H groups in total. The second-order valence-corrected chi connectivity index (χ2v) is 4.68. The molecule has 1 unspecified atom stereocenters. The number of benzene rings is 1. The summed E-state index contributed by atoms with van der Waals surface area (Å²) in [7, 11) is 1.59. The number of para-hydroxylation sites is 1. The predicted octanol–water partition coefficient (Wildman–Crippen LogP) is 3.28. The van der Waals surface area contributed by atoms with Crippen LogP contribution in [0.2, 0.25) is 0 Å². The average molecular weight is 290 g/mol. The first kappa shape index (κ1) is 15.2. The summed E-state index contributed by atoms with van der Waals surface area (Å²) in [5, 5.41) is 0.425. The zero-order valence-corrected chi connectivity index (χ0v) is 12.0. The highest BCUT2D eigenvalue weighted by molar-refractivity contribution is 6.36. The lowest BCUT2D eigenvalue weighted by molar-refractivity contribution is 0.320.